The predicted molar refractivity (Wildman–Crippen MR) is 78.7 cm³/mol. The quantitative estimate of drug-likeness (QED) is 0.738. The topological polar surface area (TPSA) is 49.0 Å². The second kappa shape index (κ2) is 6.27. The van der Waals surface area contributed by atoms with Crippen molar-refractivity contribution in [1.82, 2.24) is 4.57 Å². The summed E-state index contributed by atoms with van der Waals surface area (Å²) in [6, 6.07) is 4.55. The van der Waals surface area contributed by atoms with Crippen LogP contribution in [0, 0.1) is 11.3 Å². The number of aliphatic hydroxyl groups is 1. The number of halogens is 7. The van der Waals surface area contributed by atoms with E-state index in [1.54, 1.807) is 6.07 Å². The van der Waals surface area contributed by atoms with Crippen LogP contribution in [0.1, 0.15) is 46.9 Å². The van der Waals surface area contributed by atoms with E-state index in [4.69, 9.17) is 5.26 Å². The van der Waals surface area contributed by atoms with Crippen molar-refractivity contribution in [3.8, 4) is 11.8 Å². The highest BCUT2D eigenvalue weighted by atomic mass is 19.4. The zero-order valence-electron chi connectivity index (χ0n) is 13.4. The Kier molecular flexibility index (Phi) is 4.46. The fraction of sp³-hybridized carbons (Fsp3) is 0.353. The molecule has 1 unspecified atom stereocenters. The summed E-state index contributed by atoms with van der Waals surface area (Å²) in [6.45, 7) is 0. The van der Waals surface area contributed by atoms with E-state index in [0.717, 1.165) is 22.8 Å². The van der Waals surface area contributed by atoms with Crippen LogP contribution < -0.4 is 0 Å². The van der Waals surface area contributed by atoms with Crippen molar-refractivity contribution in [3.05, 3.63) is 52.3 Å². The van der Waals surface area contributed by atoms with Gasteiger partial charge >= 0.3 is 6.18 Å². The molecular weight excluding hydrogens is 381 g/mol. The van der Waals surface area contributed by atoms with Gasteiger partial charge in [-0.3, -0.25) is 0 Å². The van der Waals surface area contributed by atoms with Gasteiger partial charge in [0.05, 0.1) is 17.2 Å². The fourth-order valence-corrected chi connectivity index (χ4v) is 3.19. The molecule has 0 aliphatic heterocycles. The van der Waals surface area contributed by atoms with Crippen LogP contribution in [0.3, 0.4) is 0 Å². The Morgan fingerprint density at radius 2 is 1.93 bits per heavy atom. The summed E-state index contributed by atoms with van der Waals surface area (Å²) >= 11 is 0. The minimum atomic E-state index is -5.03. The summed E-state index contributed by atoms with van der Waals surface area (Å²) in [6.07, 6.45) is -11.6. The first-order valence-electron chi connectivity index (χ1n) is 7.67. The van der Waals surface area contributed by atoms with Crippen molar-refractivity contribution in [3.63, 3.8) is 0 Å². The number of hydrogen-bond donors (Lipinski definition) is 1. The first-order valence-corrected chi connectivity index (χ1v) is 7.67. The van der Waals surface area contributed by atoms with Gasteiger partial charge in [0, 0.05) is 35.1 Å². The smallest absolute Gasteiger partial charge is 0.382 e. The average Bonchev–Trinajstić information content (AvgIpc) is 2.98. The number of rotatable bonds is 2. The molecule has 0 saturated heterocycles. The van der Waals surface area contributed by atoms with Gasteiger partial charge in [-0.05, 0) is 24.6 Å². The van der Waals surface area contributed by atoms with E-state index in [1.165, 1.54) is 0 Å². The van der Waals surface area contributed by atoms with Crippen molar-refractivity contribution < 1.29 is 35.8 Å². The molecule has 0 amide bonds. The molecule has 3 rings (SSSR count). The summed E-state index contributed by atoms with van der Waals surface area (Å²) in [7, 11) is 0. The minimum absolute atomic E-state index is 0.145. The lowest BCUT2D eigenvalue weighted by molar-refractivity contribution is -0.147. The number of benzene rings is 1. The Morgan fingerprint density at radius 3 is 2.48 bits per heavy atom. The molecule has 0 bridgehead atoms. The molecule has 144 valence electrons. The molecule has 3 nitrogen and oxygen atoms in total. The van der Waals surface area contributed by atoms with Gasteiger partial charge in [0.2, 0.25) is 0 Å². The van der Waals surface area contributed by atoms with Crippen molar-refractivity contribution in [1.29, 1.82) is 5.26 Å². The van der Waals surface area contributed by atoms with Crippen LogP contribution >= 0.6 is 0 Å². The van der Waals surface area contributed by atoms with Gasteiger partial charge in [-0.1, -0.05) is 0 Å². The number of aromatic nitrogens is 1. The van der Waals surface area contributed by atoms with E-state index in [9.17, 15) is 35.8 Å². The van der Waals surface area contributed by atoms with Crippen LogP contribution in [-0.2, 0) is 12.6 Å². The summed E-state index contributed by atoms with van der Waals surface area (Å²) in [4.78, 5) is 0. The van der Waals surface area contributed by atoms with Gasteiger partial charge < -0.3 is 9.67 Å². The molecule has 1 aliphatic carbocycles. The summed E-state index contributed by atoms with van der Waals surface area (Å²) < 4.78 is 94.6. The van der Waals surface area contributed by atoms with Crippen LogP contribution in [0.5, 0.6) is 0 Å². The molecule has 1 N–H and O–H groups in total. The van der Waals surface area contributed by atoms with Crippen LogP contribution in [0.4, 0.5) is 30.7 Å². The number of alkyl halides is 7. The summed E-state index contributed by atoms with van der Waals surface area (Å²) in [5.41, 5.74) is -3.82. The van der Waals surface area contributed by atoms with E-state index in [1.807, 2.05) is 0 Å². The van der Waals surface area contributed by atoms with Gasteiger partial charge in [0.1, 0.15) is 6.10 Å². The average molecular weight is 392 g/mol. The SMILES string of the molecule is N#Cc1ccc(-n2cc(C(F)(F)F)c3c2CCC(F)(F)C3O)cc1C(F)F. The highest BCUT2D eigenvalue weighted by Gasteiger charge is 2.50. The van der Waals surface area contributed by atoms with Gasteiger partial charge in [0.25, 0.3) is 12.3 Å². The summed E-state index contributed by atoms with van der Waals surface area (Å²) in [5.74, 6) is -3.74. The zero-order valence-corrected chi connectivity index (χ0v) is 13.4. The largest absolute Gasteiger partial charge is 0.418 e. The third kappa shape index (κ3) is 3.16. The first kappa shape index (κ1) is 19.2. The Bertz CT molecular complexity index is 925. The van der Waals surface area contributed by atoms with E-state index >= 15 is 0 Å². The number of nitriles is 1. The second-order valence-corrected chi connectivity index (χ2v) is 6.12. The molecule has 0 saturated carbocycles. The third-order valence-electron chi connectivity index (χ3n) is 4.49. The normalized spacial score (nSPS) is 19.0. The zero-order chi connectivity index (χ0) is 20.1. The molecule has 1 atom stereocenters. The standard InChI is InChI=1S/C17H11F7N2O/c18-15(19)10-5-9(2-1-8(10)6-25)26-7-11(17(22,23)24)13-12(26)3-4-16(20,21)14(13)27/h1-2,5,7,14-15,27H,3-4H2. The number of hydrogen-bond acceptors (Lipinski definition) is 2. The van der Waals surface area contributed by atoms with Crippen LogP contribution in [-0.4, -0.2) is 15.6 Å². The maximum Gasteiger partial charge on any atom is 0.418 e. The van der Waals surface area contributed by atoms with Crippen LogP contribution in [0.15, 0.2) is 24.4 Å². The molecule has 1 aliphatic rings. The second-order valence-electron chi connectivity index (χ2n) is 6.12. The number of aliphatic hydroxyl groups excluding tert-OH is 1. The van der Waals surface area contributed by atoms with Gasteiger partial charge in [0.15, 0.2) is 0 Å². The maximum atomic E-state index is 13.8. The van der Waals surface area contributed by atoms with Crippen molar-refractivity contribution in [2.24, 2.45) is 0 Å². The molecule has 1 heterocycles. The van der Waals surface area contributed by atoms with E-state index < -0.39 is 54.2 Å². The third-order valence-corrected chi connectivity index (χ3v) is 4.49. The molecule has 2 aromatic rings. The minimum Gasteiger partial charge on any atom is -0.382 e. The molecular formula is C17H11F7N2O. The molecule has 0 radical (unpaired) electrons. The van der Waals surface area contributed by atoms with Gasteiger partial charge in [-0.15, -0.1) is 0 Å². The Balaban J connectivity index is 2.25. The molecule has 1 aromatic heterocycles. The van der Waals surface area contributed by atoms with Crippen molar-refractivity contribution in [2.45, 2.75) is 37.5 Å². The lowest BCUT2D eigenvalue weighted by Crippen LogP contribution is -2.33. The van der Waals surface area contributed by atoms with E-state index in [-0.39, 0.29) is 16.9 Å². The van der Waals surface area contributed by atoms with Crippen LogP contribution in [0.25, 0.3) is 5.69 Å². The predicted octanol–water partition coefficient (Wildman–Crippen LogP) is 4.92. The lowest BCUT2D eigenvalue weighted by atomic mass is 9.89. The highest BCUT2D eigenvalue weighted by Crippen LogP contribution is 2.48. The van der Waals surface area contributed by atoms with Gasteiger partial charge in [-0.2, -0.15) is 18.4 Å². The maximum absolute atomic E-state index is 13.8. The van der Waals surface area contributed by atoms with Crippen LogP contribution in [0.2, 0.25) is 0 Å². The molecule has 1 aromatic carbocycles. The fourth-order valence-electron chi connectivity index (χ4n) is 3.19. The van der Waals surface area contributed by atoms with Crippen molar-refractivity contribution in [2.75, 3.05) is 0 Å². The Morgan fingerprint density at radius 1 is 1.26 bits per heavy atom. The monoisotopic (exact) mass is 392 g/mol. The number of nitrogens with zero attached hydrogens (tertiary/aromatic N) is 2. The molecule has 0 spiro atoms. The van der Waals surface area contributed by atoms with E-state index in [0.29, 0.717) is 6.20 Å². The van der Waals surface area contributed by atoms with Crippen molar-refractivity contribution >= 4 is 0 Å². The summed E-state index contributed by atoms with van der Waals surface area (Å²) in [5, 5.41) is 18.7. The van der Waals surface area contributed by atoms with E-state index in [2.05, 4.69) is 0 Å². The Labute approximate surface area is 148 Å². The first-order chi connectivity index (χ1) is 12.5. The molecule has 0 fully saturated rings. The lowest BCUT2D eigenvalue weighted by Gasteiger charge is -2.29. The highest BCUT2D eigenvalue weighted by molar-refractivity contribution is 5.51. The number of fused-ring (bicyclic) bond motifs is 1. The Hall–Kier alpha value is -2.54. The molecule has 27 heavy (non-hydrogen) atoms. The molecule has 10 heteroatoms. The van der Waals surface area contributed by atoms with Gasteiger partial charge in [-0.25, -0.2) is 17.6 Å².